The average molecular weight is 955 g/mol. The molecule has 3 aliphatic rings. The van der Waals surface area contributed by atoms with Gasteiger partial charge in [0.25, 0.3) is 0 Å². The predicted molar refractivity (Wildman–Crippen MR) is 313 cm³/mol. The summed E-state index contributed by atoms with van der Waals surface area (Å²) in [6.45, 7) is 18.9. The molecule has 0 heterocycles. The third-order valence-electron chi connectivity index (χ3n) is 16.6. The van der Waals surface area contributed by atoms with Crippen LogP contribution in [0.4, 0.5) is 34.1 Å². The van der Waals surface area contributed by atoms with Crippen molar-refractivity contribution in [3.05, 3.63) is 275 Å². The van der Waals surface area contributed by atoms with Gasteiger partial charge >= 0.3 is 0 Å². The molecule has 0 radical (unpaired) electrons. The van der Waals surface area contributed by atoms with Crippen LogP contribution in [0, 0.1) is 0 Å². The minimum Gasteiger partial charge on any atom is -0.310 e. The molecule has 2 heteroatoms. The van der Waals surface area contributed by atoms with E-state index in [0.717, 1.165) is 34.1 Å². The SMILES string of the molecule is CC(C)(C)c1ccc2c(c1)C1(c3cc(N(c4ccccc4)c4ccc(-c5ccccc5)cc4)ccc3-2)c2cc(N(c3ccccc3)c3ccc4c(c3)C(C)(C)c3ccccc3-4)ccc2-c2ccc(C(C)(C)C)cc21. The molecule has 0 bridgehead atoms. The van der Waals surface area contributed by atoms with Crippen LogP contribution in [-0.4, -0.2) is 0 Å². The van der Waals surface area contributed by atoms with Crippen molar-refractivity contribution in [2.75, 3.05) is 9.80 Å². The molecule has 2 nitrogen and oxygen atoms in total. The number of rotatable bonds is 7. The summed E-state index contributed by atoms with van der Waals surface area (Å²) in [4.78, 5) is 4.93. The second-order valence-corrected chi connectivity index (χ2v) is 23.4. The summed E-state index contributed by atoms with van der Waals surface area (Å²) < 4.78 is 0. The smallest absolute Gasteiger partial charge is 0.0727 e. The number of fused-ring (bicyclic) bond motifs is 13. The van der Waals surface area contributed by atoms with Crippen LogP contribution in [-0.2, 0) is 21.7 Å². The highest BCUT2D eigenvalue weighted by Crippen LogP contribution is 2.65. The Labute approximate surface area is 438 Å². The summed E-state index contributed by atoms with van der Waals surface area (Å²) in [5.74, 6) is 0. The molecule has 360 valence electrons. The lowest BCUT2D eigenvalue weighted by atomic mass is 9.68. The second-order valence-electron chi connectivity index (χ2n) is 23.4. The first kappa shape index (κ1) is 45.6. The molecule has 74 heavy (non-hydrogen) atoms. The summed E-state index contributed by atoms with van der Waals surface area (Å²) in [6, 6.07) is 87.1. The fraction of sp³-hybridized carbons (Fsp3) is 0.167. The van der Waals surface area contributed by atoms with E-state index in [1.165, 1.54) is 89.0 Å². The number of para-hydroxylation sites is 2. The number of nitrogens with zero attached hydrogens (tertiary/aromatic N) is 2. The molecule has 10 aromatic rings. The molecule has 13 rings (SSSR count). The quantitative estimate of drug-likeness (QED) is 0.157. The Kier molecular flexibility index (Phi) is 10.3. The molecule has 0 amide bonds. The molecule has 0 saturated carbocycles. The number of hydrogen-bond donors (Lipinski definition) is 0. The van der Waals surface area contributed by atoms with Crippen molar-refractivity contribution in [2.24, 2.45) is 0 Å². The van der Waals surface area contributed by atoms with E-state index in [9.17, 15) is 0 Å². The highest BCUT2D eigenvalue weighted by atomic mass is 15.1. The van der Waals surface area contributed by atoms with Crippen LogP contribution in [0.15, 0.2) is 231 Å². The van der Waals surface area contributed by atoms with Crippen molar-refractivity contribution < 1.29 is 0 Å². The maximum Gasteiger partial charge on any atom is 0.0727 e. The molecule has 3 aliphatic carbocycles. The van der Waals surface area contributed by atoms with Gasteiger partial charge in [-0.3, -0.25) is 0 Å². The topological polar surface area (TPSA) is 6.48 Å². The van der Waals surface area contributed by atoms with Gasteiger partial charge in [0.1, 0.15) is 0 Å². The Morgan fingerprint density at radius 2 is 0.595 bits per heavy atom. The van der Waals surface area contributed by atoms with Crippen LogP contribution < -0.4 is 9.80 Å². The molecular weight excluding hydrogens is 893 g/mol. The lowest BCUT2D eigenvalue weighted by Gasteiger charge is -2.35. The zero-order valence-electron chi connectivity index (χ0n) is 43.8. The standard InChI is InChI=1S/C72H62N2/c1-69(2,3)49-30-37-59-61-40-35-55(73(51-22-14-10-15-23-51)53-32-28-48(29-33-53)47-20-12-9-13-21-47)45-67(61)72(65(59)42-49)66-43-50(70(4,5)6)31-38-60(66)62-41-36-56(46-68(62)72)74(52-24-16-11-17-25-52)54-34-39-58-57-26-18-19-27-63(57)71(7,8)64(58)44-54/h9-46H,1-8H3. The second kappa shape index (κ2) is 16.7. The monoisotopic (exact) mass is 954 g/mol. The van der Waals surface area contributed by atoms with Gasteiger partial charge in [-0.15, -0.1) is 0 Å². The lowest BCUT2D eigenvalue weighted by Crippen LogP contribution is -2.28. The molecule has 1 atom stereocenters. The minimum absolute atomic E-state index is 0.0728. The van der Waals surface area contributed by atoms with Crippen molar-refractivity contribution in [1.82, 2.24) is 0 Å². The Morgan fingerprint density at radius 3 is 1.07 bits per heavy atom. The van der Waals surface area contributed by atoms with Gasteiger partial charge in [0.15, 0.2) is 0 Å². The van der Waals surface area contributed by atoms with E-state index in [2.05, 4.69) is 296 Å². The zero-order chi connectivity index (χ0) is 50.7. The van der Waals surface area contributed by atoms with E-state index in [1.54, 1.807) is 0 Å². The van der Waals surface area contributed by atoms with Crippen molar-refractivity contribution >= 4 is 34.1 Å². The van der Waals surface area contributed by atoms with Gasteiger partial charge < -0.3 is 9.80 Å². The fourth-order valence-corrected chi connectivity index (χ4v) is 12.7. The molecule has 0 saturated heterocycles. The van der Waals surface area contributed by atoms with E-state index in [0.29, 0.717) is 0 Å². The van der Waals surface area contributed by atoms with Gasteiger partial charge in [0.2, 0.25) is 0 Å². The van der Waals surface area contributed by atoms with E-state index < -0.39 is 5.41 Å². The van der Waals surface area contributed by atoms with E-state index >= 15 is 0 Å². The minimum atomic E-state index is -0.646. The van der Waals surface area contributed by atoms with Gasteiger partial charge in [-0.2, -0.15) is 0 Å². The third kappa shape index (κ3) is 6.98. The molecule has 10 aromatic carbocycles. The Morgan fingerprint density at radius 1 is 0.270 bits per heavy atom. The van der Waals surface area contributed by atoms with Gasteiger partial charge in [0, 0.05) is 39.5 Å². The first-order valence-corrected chi connectivity index (χ1v) is 26.4. The van der Waals surface area contributed by atoms with Crippen LogP contribution in [0.3, 0.4) is 0 Å². The maximum atomic E-state index is 2.57. The molecule has 0 aromatic heterocycles. The Bertz CT molecular complexity index is 3790. The summed E-state index contributed by atoms with van der Waals surface area (Å²) in [6.07, 6.45) is 0. The van der Waals surface area contributed by atoms with Crippen molar-refractivity contribution in [2.45, 2.75) is 77.0 Å². The highest BCUT2D eigenvalue weighted by molar-refractivity contribution is 5.98. The van der Waals surface area contributed by atoms with Crippen LogP contribution >= 0.6 is 0 Å². The Balaban J connectivity index is 1.08. The van der Waals surface area contributed by atoms with Crippen LogP contribution in [0.2, 0.25) is 0 Å². The number of benzene rings is 10. The molecule has 0 fully saturated rings. The lowest BCUT2D eigenvalue weighted by molar-refractivity contribution is 0.586. The van der Waals surface area contributed by atoms with Gasteiger partial charge in [-0.25, -0.2) is 0 Å². The summed E-state index contributed by atoms with van der Waals surface area (Å²) >= 11 is 0. The number of hydrogen-bond acceptors (Lipinski definition) is 2. The van der Waals surface area contributed by atoms with Crippen LogP contribution in [0.5, 0.6) is 0 Å². The van der Waals surface area contributed by atoms with Crippen molar-refractivity contribution in [3.8, 4) is 44.5 Å². The summed E-state index contributed by atoms with van der Waals surface area (Å²) in [5, 5.41) is 0. The van der Waals surface area contributed by atoms with Crippen molar-refractivity contribution in [1.29, 1.82) is 0 Å². The van der Waals surface area contributed by atoms with Gasteiger partial charge in [-0.1, -0.05) is 213 Å². The normalized spacial score (nSPS) is 15.5. The molecular formula is C72H62N2. The summed E-state index contributed by atoms with van der Waals surface area (Å²) in [7, 11) is 0. The zero-order valence-corrected chi connectivity index (χ0v) is 43.8. The van der Waals surface area contributed by atoms with E-state index in [1.807, 2.05) is 0 Å². The third-order valence-corrected chi connectivity index (χ3v) is 16.6. The summed E-state index contributed by atoms with van der Waals surface area (Å²) in [5.41, 5.74) is 26.8. The largest absolute Gasteiger partial charge is 0.310 e. The average Bonchev–Trinajstić information content (AvgIpc) is 3.97. The predicted octanol–water partition coefficient (Wildman–Crippen LogP) is 19.5. The molecule has 1 spiro atoms. The fourth-order valence-electron chi connectivity index (χ4n) is 12.7. The maximum absolute atomic E-state index is 2.57. The Hall–Kier alpha value is -8.20. The van der Waals surface area contributed by atoms with Gasteiger partial charge in [0.05, 0.1) is 5.41 Å². The van der Waals surface area contributed by atoms with Crippen LogP contribution in [0.25, 0.3) is 44.5 Å². The molecule has 1 unspecified atom stereocenters. The molecule has 0 aliphatic heterocycles. The molecule has 0 N–H and O–H groups in total. The first-order chi connectivity index (χ1) is 35.7. The van der Waals surface area contributed by atoms with E-state index in [-0.39, 0.29) is 16.2 Å². The van der Waals surface area contributed by atoms with Crippen LogP contribution in [0.1, 0.15) is 99.9 Å². The van der Waals surface area contributed by atoms with Crippen molar-refractivity contribution in [3.63, 3.8) is 0 Å². The number of anilines is 6. The highest BCUT2D eigenvalue weighted by Gasteiger charge is 2.53. The van der Waals surface area contributed by atoms with Gasteiger partial charge in [-0.05, 0) is 173 Å². The first-order valence-electron chi connectivity index (χ1n) is 26.4. The van der Waals surface area contributed by atoms with E-state index in [4.69, 9.17) is 0 Å².